The molecule has 2 aliphatic rings. The van der Waals surface area contributed by atoms with Crippen LogP contribution in [0, 0.1) is 0 Å². The van der Waals surface area contributed by atoms with Crippen molar-refractivity contribution in [1.29, 1.82) is 0 Å². The predicted octanol–water partition coefficient (Wildman–Crippen LogP) is 21.6. The van der Waals surface area contributed by atoms with Gasteiger partial charge in [0, 0.05) is 70.9 Å². The van der Waals surface area contributed by atoms with E-state index in [1.54, 1.807) is 11.3 Å². The molecule has 4 nitrogen and oxygen atoms in total. The minimum Gasteiger partial charge on any atom is -0.456 e. The number of fused-ring (bicyclic) bond motifs is 9. The molecule has 88 heavy (non-hydrogen) atoms. The number of hydrogen-bond acceptors (Lipinski definition) is 5. The molecule has 6 heteroatoms. The van der Waals surface area contributed by atoms with Crippen LogP contribution in [0.2, 0.25) is 0 Å². The SMILES string of the molecule is [2H]c1c([2H])c([2H])c(-c2cc3c4c(c2)N(c2ccc5oc6ccccc6c5c2)c2c(sc5ccc(-c6c([2H])c([2H])c([2H])c([2H])c6[2H])cc25)B4c2ccc(N(c4ccc(C(C)(C)C)cc4)c4ccccc4-c4ccccc4)cc2N3c2ccc(C(C)(C)C)cc2-c2ccccc2)c([2H])c1[2H]. The molecule has 0 fully saturated rings. The molecular formula is C82H64BN3OS. The lowest BCUT2D eigenvalue weighted by molar-refractivity contribution is 0.590. The van der Waals surface area contributed by atoms with E-state index in [0.29, 0.717) is 33.7 Å². The Balaban J connectivity index is 1.07. The lowest BCUT2D eigenvalue weighted by atomic mass is 9.36. The number of furan rings is 1. The first-order valence-corrected chi connectivity index (χ1v) is 30.7. The molecular weight excluding hydrogens is 1090 g/mol. The molecule has 0 radical (unpaired) electrons. The average molecular weight is 1160 g/mol. The molecule has 2 aliphatic heterocycles. The van der Waals surface area contributed by atoms with Crippen LogP contribution in [0.4, 0.5) is 51.2 Å². The number of thiophene rings is 1. The van der Waals surface area contributed by atoms with Crippen LogP contribution in [-0.2, 0) is 10.8 Å². The molecule has 0 saturated carbocycles. The number of hydrogen-bond donors (Lipinski definition) is 0. The maximum absolute atomic E-state index is 9.78. The van der Waals surface area contributed by atoms with Gasteiger partial charge in [-0.05, 0) is 157 Å². The molecule has 0 amide bonds. The maximum atomic E-state index is 9.78. The topological polar surface area (TPSA) is 22.9 Å². The van der Waals surface area contributed by atoms with Crippen molar-refractivity contribution in [2.24, 2.45) is 0 Å². The molecule has 0 aliphatic carbocycles. The third-order valence-electron chi connectivity index (χ3n) is 17.5. The maximum Gasteiger partial charge on any atom is 0.264 e. The number of anilines is 9. The fourth-order valence-electron chi connectivity index (χ4n) is 13.2. The summed E-state index contributed by atoms with van der Waals surface area (Å²) in [7, 11) is 0. The predicted molar refractivity (Wildman–Crippen MR) is 377 cm³/mol. The average Bonchev–Trinajstić information content (AvgIpc) is 1.36. The minimum atomic E-state index is -0.536. The zero-order valence-electron chi connectivity index (χ0n) is 59.5. The highest BCUT2D eigenvalue weighted by molar-refractivity contribution is 7.33. The molecule has 16 rings (SSSR count). The first-order valence-electron chi connectivity index (χ1n) is 34.8. The van der Waals surface area contributed by atoms with Crippen molar-refractivity contribution >= 4 is 117 Å². The summed E-state index contributed by atoms with van der Waals surface area (Å²) in [6.45, 7) is 12.8. The van der Waals surface area contributed by atoms with Gasteiger partial charge in [0.15, 0.2) is 0 Å². The van der Waals surface area contributed by atoms with Crippen molar-refractivity contribution in [3.63, 3.8) is 0 Å². The normalized spacial score (nSPS) is 14.4. The molecule has 0 bridgehead atoms. The molecule has 0 unspecified atom stereocenters. The quantitative estimate of drug-likeness (QED) is 0.134. The second kappa shape index (κ2) is 20.8. The Kier molecular flexibility index (Phi) is 10.3. The highest BCUT2D eigenvalue weighted by atomic mass is 32.1. The third kappa shape index (κ3) is 8.96. The molecule has 4 heterocycles. The van der Waals surface area contributed by atoms with Crippen molar-refractivity contribution in [1.82, 2.24) is 0 Å². The summed E-state index contributed by atoms with van der Waals surface area (Å²) >= 11 is 1.63. The Labute approximate surface area is 534 Å². The van der Waals surface area contributed by atoms with Crippen LogP contribution in [0.3, 0.4) is 0 Å². The van der Waals surface area contributed by atoms with Gasteiger partial charge in [-0.2, -0.15) is 0 Å². The van der Waals surface area contributed by atoms with Gasteiger partial charge in [-0.1, -0.05) is 229 Å². The summed E-state index contributed by atoms with van der Waals surface area (Å²) in [5.41, 5.74) is 17.4. The zero-order chi connectivity index (χ0) is 68.1. The van der Waals surface area contributed by atoms with E-state index >= 15 is 0 Å². The Morgan fingerprint density at radius 1 is 0.420 bits per heavy atom. The summed E-state index contributed by atoms with van der Waals surface area (Å²) in [6.07, 6.45) is 0. The Hall–Kier alpha value is -10.1. The summed E-state index contributed by atoms with van der Waals surface area (Å²) in [4.78, 5) is 6.89. The van der Waals surface area contributed by atoms with Crippen LogP contribution >= 0.6 is 11.3 Å². The van der Waals surface area contributed by atoms with Crippen molar-refractivity contribution in [2.45, 2.75) is 52.4 Å². The molecule has 0 atom stereocenters. The van der Waals surface area contributed by atoms with E-state index in [-0.39, 0.29) is 46.1 Å². The number of benzene rings is 12. The second-order valence-electron chi connectivity index (χ2n) is 24.9. The van der Waals surface area contributed by atoms with E-state index in [1.165, 1.54) is 5.56 Å². The third-order valence-corrected chi connectivity index (χ3v) is 18.7. The van der Waals surface area contributed by atoms with Gasteiger partial charge < -0.3 is 19.1 Å². The smallest absolute Gasteiger partial charge is 0.264 e. The van der Waals surface area contributed by atoms with Crippen LogP contribution in [0.5, 0.6) is 0 Å². The molecule has 12 aromatic carbocycles. The minimum absolute atomic E-state index is 0.0283. The zero-order valence-corrected chi connectivity index (χ0v) is 50.3. The molecule has 0 saturated heterocycles. The van der Waals surface area contributed by atoms with E-state index < -0.39 is 43.0 Å². The van der Waals surface area contributed by atoms with Gasteiger partial charge >= 0.3 is 0 Å². The van der Waals surface area contributed by atoms with E-state index in [2.05, 4.69) is 196 Å². The summed E-state index contributed by atoms with van der Waals surface area (Å²) in [6, 6.07) is 71.3. The lowest BCUT2D eigenvalue weighted by Gasteiger charge is -2.44. The van der Waals surface area contributed by atoms with E-state index in [0.717, 1.165) is 104 Å². The van der Waals surface area contributed by atoms with Crippen molar-refractivity contribution < 1.29 is 18.1 Å². The van der Waals surface area contributed by atoms with Crippen molar-refractivity contribution in [2.75, 3.05) is 14.7 Å². The summed E-state index contributed by atoms with van der Waals surface area (Å²) < 4.78 is 100. The van der Waals surface area contributed by atoms with Crippen LogP contribution in [-0.4, -0.2) is 6.71 Å². The van der Waals surface area contributed by atoms with Gasteiger partial charge in [-0.3, -0.25) is 0 Å². The van der Waals surface area contributed by atoms with Gasteiger partial charge in [0.1, 0.15) is 11.2 Å². The largest absolute Gasteiger partial charge is 0.456 e. The highest BCUT2D eigenvalue weighted by Gasteiger charge is 2.46. The van der Waals surface area contributed by atoms with Crippen molar-refractivity contribution in [3.8, 4) is 44.5 Å². The number of rotatable bonds is 9. The van der Waals surface area contributed by atoms with Gasteiger partial charge in [-0.25, -0.2) is 0 Å². The highest BCUT2D eigenvalue weighted by Crippen LogP contribution is 2.53. The standard InChI is InChI=1S/C82H64BN3OS/c1-81(2,3)59-36-39-61(40-37-59)84(70-33-21-19-31-64(70)55-27-15-9-16-28-55)63-41-43-69-72(52-63)86(71-44-38-60(82(4,5)6)50-66(71)56-29-17-10-18-30-56)74-49-58(54-25-13-8-14-26-54)48-73-78(74)83(69)80-79(68-47-57(35-46-77(68)88-80)53-23-11-7-12-24-53)85(73)62-42-45-76-67(51-62)65-32-20-22-34-75(65)87-76/h7-52H,1-6H3/i7D,8D,11D,12D,13D,14D,23D,24D,25D,26D. The molecule has 14 aromatic rings. The van der Waals surface area contributed by atoms with Gasteiger partial charge in [0.25, 0.3) is 6.71 Å². The van der Waals surface area contributed by atoms with Gasteiger partial charge in [-0.15, -0.1) is 11.3 Å². The fraction of sp³-hybridized carbons (Fsp3) is 0.0976. The summed E-state index contributed by atoms with van der Waals surface area (Å²) in [5, 5.41) is 2.51. The van der Waals surface area contributed by atoms with Crippen molar-refractivity contribution in [3.05, 3.63) is 290 Å². The van der Waals surface area contributed by atoms with Gasteiger partial charge in [0.2, 0.25) is 0 Å². The monoisotopic (exact) mass is 1160 g/mol. The molecule has 2 aromatic heterocycles. The number of nitrogens with zero attached hydrogens (tertiary/aromatic N) is 3. The van der Waals surface area contributed by atoms with Crippen LogP contribution < -0.4 is 30.4 Å². The summed E-state index contributed by atoms with van der Waals surface area (Å²) in [5.74, 6) is 0. The Bertz CT molecular complexity index is 5590. The van der Waals surface area contributed by atoms with Gasteiger partial charge in [0.05, 0.1) is 30.8 Å². The first-order chi connectivity index (χ1) is 47.0. The lowest BCUT2D eigenvalue weighted by Crippen LogP contribution is -2.60. The molecule has 0 spiro atoms. The molecule has 0 N–H and O–H groups in total. The molecule has 422 valence electrons. The van der Waals surface area contributed by atoms with E-state index in [9.17, 15) is 8.22 Å². The second-order valence-corrected chi connectivity index (χ2v) is 26.0. The van der Waals surface area contributed by atoms with Crippen LogP contribution in [0.15, 0.2) is 283 Å². The van der Waals surface area contributed by atoms with Crippen LogP contribution in [0.25, 0.3) is 76.5 Å². The Morgan fingerprint density at radius 3 is 1.75 bits per heavy atom. The first kappa shape index (κ1) is 43.5. The Morgan fingerprint density at radius 2 is 1.03 bits per heavy atom. The fourth-order valence-corrected chi connectivity index (χ4v) is 14.5. The van der Waals surface area contributed by atoms with E-state index in [4.69, 9.17) is 9.90 Å². The number of para-hydroxylation sites is 2. The van der Waals surface area contributed by atoms with E-state index in [1.807, 2.05) is 78.9 Å². The van der Waals surface area contributed by atoms with Crippen LogP contribution in [0.1, 0.15) is 66.4 Å².